The lowest BCUT2D eigenvalue weighted by Crippen LogP contribution is -2.56. The van der Waals surface area contributed by atoms with Gasteiger partial charge in [0.15, 0.2) is 0 Å². The molecule has 6 heteroatoms. The van der Waals surface area contributed by atoms with Crippen LogP contribution >= 0.6 is 0 Å². The Balaban J connectivity index is 1.95. The van der Waals surface area contributed by atoms with Crippen molar-refractivity contribution >= 4 is 23.4 Å². The molecule has 144 valence electrons. The number of benzene rings is 1. The third kappa shape index (κ3) is 2.19. The van der Waals surface area contributed by atoms with Crippen LogP contribution in [-0.4, -0.2) is 34.2 Å². The fourth-order valence-electron chi connectivity index (χ4n) is 5.08. The van der Waals surface area contributed by atoms with Crippen LogP contribution in [0.2, 0.25) is 0 Å². The smallest absolute Gasteiger partial charge is 0.250 e. The molecule has 1 aromatic rings. The summed E-state index contributed by atoms with van der Waals surface area (Å²) in [6, 6.07) is 5.53. The van der Waals surface area contributed by atoms with E-state index in [1.807, 2.05) is 59.7 Å². The Morgan fingerprint density at radius 3 is 2.37 bits per heavy atom. The van der Waals surface area contributed by atoms with E-state index < -0.39 is 22.9 Å². The molecule has 3 amide bonds. The van der Waals surface area contributed by atoms with Crippen molar-refractivity contribution in [3.63, 3.8) is 0 Å². The van der Waals surface area contributed by atoms with E-state index in [0.29, 0.717) is 0 Å². The van der Waals surface area contributed by atoms with E-state index in [1.54, 1.807) is 0 Å². The highest BCUT2D eigenvalue weighted by atomic mass is 16.2. The maximum absolute atomic E-state index is 13.5. The van der Waals surface area contributed by atoms with Gasteiger partial charge in [0.25, 0.3) is 0 Å². The number of likely N-dealkylation sites (tertiary alicyclic amines) is 1. The summed E-state index contributed by atoms with van der Waals surface area (Å²) in [5.74, 6) is -1.81. The van der Waals surface area contributed by atoms with Gasteiger partial charge in [-0.2, -0.15) is 0 Å². The normalized spacial score (nSPS) is 32.5. The standard InChI is InChI=1S/C21H27N3O3/c1-10(2)16-14-15(18(26)24(17(14)25)20(4,5)6)21(23-16)12-9-11(3)7-8-13(12)22-19(21)27/h7-10,14-16,23H,1-6H3,(H,22,27). The fraction of sp³-hybridized carbons (Fsp3) is 0.571. The molecule has 1 spiro atoms. The average molecular weight is 369 g/mol. The molecule has 2 N–H and O–H groups in total. The van der Waals surface area contributed by atoms with Gasteiger partial charge in [-0.3, -0.25) is 24.6 Å². The summed E-state index contributed by atoms with van der Waals surface area (Å²) in [6.45, 7) is 11.6. The van der Waals surface area contributed by atoms with Gasteiger partial charge in [-0.1, -0.05) is 31.5 Å². The van der Waals surface area contributed by atoms with Crippen molar-refractivity contribution in [1.29, 1.82) is 0 Å². The van der Waals surface area contributed by atoms with E-state index in [-0.39, 0.29) is 29.7 Å². The molecule has 6 nitrogen and oxygen atoms in total. The summed E-state index contributed by atoms with van der Waals surface area (Å²) in [6.07, 6.45) is 0. The second-order valence-electron chi connectivity index (χ2n) is 9.41. The van der Waals surface area contributed by atoms with E-state index in [0.717, 1.165) is 16.8 Å². The number of carbonyl (C=O) groups excluding carboxylic acids is 3. The molecule has 0 radical (unpaired) electrons. The van der Waals surface area contributed by atoms with Gasteiger partial charge in [-0.05, 0) is 39.7 Å². The average Bonchev–Trinajstić information content (AvgIpc) is 3.13. The van der Waals surface area contributed by atoms with Crippen molar-refractivity contribution in [3.05, 3.63) is 29.3 Å². The summed E-state index contributed by atoms with van der Waals surface area (Å²) in [7, 11) is 0. The van der Waals surface area contributed by atoms with Gasteiger partial charge in [-0.15, -0.1) is 0 Å². The molecule has 4 rings (SSSR count). The zero-order valence-corrected chi connectivity index (χ0v) is 16.7. The molecule has 4 atom stereocenters. The Labute approximate surface area is 159 Å². The third-order valence-electron chi connectivity index (χ3n) is 6.19. The predicted octanol–water partition coefficient (Wildman–Crippen LogP) is 2.17. The number of nitrogens with zero attached hydrogens (tertiary/aromatic N) is 1. The second-order valence-corrected chi connectivity index (χ2v) is 9.41. The van der Waals surface area contributed by atoms with E-state index in [4.69, 9.17) is 0 Å². The van der Waals surface area contributed by atoms with Crippen LogP contribution in [0.25, 0.3) is 0 Å². The van der Waals surface area contributed by atoms with Crippen LogP contribution in [0, 0.1) is 24.7 Å². The molecule has 2 saturated heterocycles. The van der Waals surface area contributed by atoms with Crippen LogP contribution < -0.4 is 10.6 Å². The van der Waals surface area contributed by atoms with Gasteiger partial charge in [0.2, 0.25) is 17.7 Å². The lowest BCUT2D eigenvalue weighted by Gasteiger charge is -2.35. The molecule has 0 saturated carbocycles. The Morgan fingerprint density at radius 2 is 1.78 bits per heavy atom. The highest BCUT2D eigenvalue weighted by molar-refractivity contribution is 6.15. The Hall–Kier alpha value is -2.21. The van der Waals surface area contributed by atoms with Crippen LogP contribution in [0.4, 0.5) is 5.69 Å². The summed E-state index contributed by atoms with van der Waals surface area (Å²) in [4.78, 5) is 41.4. The third-order valence-corrected chi connectivity index (χ3v) is 6.19. The molecule has 3 aliphatic rings. The molecule has 27 heavy (non-hydrogen) atoms. The van der Waals surface area contributed by atoms with Gasteiger partial charge in [0.1, 0.15) is 5.54 Å². The lowest BCUT2D eigenvalue weighted by molar-refractivity contribution is -0.148. The minimum absolute atomic E-state index is 0.107. The summed E-state index contributed by atoms with van der Waals surface area (Å²) >= 11 is 0. The van der Waals surface area contributed by atoms with Crippen molar-refractivity contribution in [2.45, 2.75) is 58.7 Å². The van der Waals surface area contributed by atoms with Crippen molar-refractivity contribution in [2.24, 2.45) is 17.8 Å². The van der Waals surface area contributed by atoms with E-state index >= 15 is 0 Å². The molecule has 3 heterocycles. The van der Waals surface area contributed by atoms with Crippen LogP contribution in [0.1, 0.15) is 45.7 Å². The number of carbonyl (C=O) groups is 3. The number of amides is 3. The van der Waals surface area contributed by atoms with Crippen LogP contribution in [0.3, 0.4) is 0 Å². The van der Waals surface area contributed by atoms with Crippen molar-refractivity contribution < 1.29 is 14.4 Å². The first-order valence-electron chi connectivity index (χ1n) is 9.58. The van der Waals surface area contributed by atoms with Gasteiger partial charge < -0.3 is 5.32 Å². The molecular formula is C21H27N3O3. The zero-order valence-electron chi connectivity index (χ0n) is 16.7. The number of anilines is 1. The fourth-order valence-corrected chi connectivity index (χ4v) is 5.08. The Bertz CT molecular complexity index is 870. The molecule has 2 fully saturated rings. The molecule has 3 aliphatic heterocycles. The minimum Gasteiger partial charge on any atom is -0.324 e. The van der Waals surface area contributed by atoms with Crippen LogP contribution in [0.5, 0.6) is 0 Å². The summed E-state index contributed by atoms with van der Waals surface area (Å²) in [5.41, 5.74) is 0.707. The maximum atomic E-state index is 13.5. The minimum atomic E-state index is -1.19. The van der Waals surface area contributed by atoms with Crippen molar-refractivity contribution in [2.75, 3.05) is 5.32 Å². The first kappa shape index (κ1) is 18.2. The van der Waals surface area contributed by atoms with Crippen LogP contribution in [0.15, 0.2) is 18.2 Å². The van der Waals surface area contributed by atoms with E-state index in [9.17, 15) is 14.4 Å². The topological polar surface area (TPSA) is 78.5 Å². The van der Waals surface area contributed by atoms with Gasteiger partial charge >= 0.3 is 0 Å². The maximum Gasteiger partial charge on any atom is 0.250 e. The van der Waals surface area contributed by atoms with Crippen molar-refractivity contribution in [3.8, 4) is 0 Å². The highest BCUT2D eigenvalue weighted by Gasteiger charge is 2.71. The zero-order chi connectivity index (χ0) is 19.9. The van der Waals surface area contributed by atoms with Gasteiger partial charge in [-0.25, -0.2) is 0 Å². The monoisotopic (exact) mass is 369 g/mol. The molecule has 0 bridgehead atoms. The van der Waals surface area contributed by atoms with E-state index in [1.165, 1.54) is 4.90 Å². The largest absolute Gasteiger partial charge is 0.324 e. The highest BCUT2D eigenvalue weighted by Crippen LogP contribution is 2.54. The first-order chi connectivity index (χ1) is 12.5. The van der Waals surface area contributed by atoms with Gasteiger partial charge in [0, 0.05) is 22.8 Å². The molecule has 1 aromatic carbocycles. The second kappa shape index (κ2) is 5.41. The van der Waals surface area contributed by atoms with Crippen LogP contribution in [-0.2, 0) is 19.9 Å². The number of fused-ring (bicyclic) bond motifs is 4. The molecule has 0 aliphatic carbocycles. The number of hydrogen-bond acceptors (Lipinski definition) is 4. The first-order valence-corrected chi connectivity index (χ1v) is 9.58. The number of imide groups is 1. The summed E-state index contributed by atoms with van der Waals surface area (Å²) < 4.78 is 0. The number of hydrogen-bond donors (Lipinski definition) is 2. The van der Waals surface area contributed by atoms with Crippen molar-refractivity contribution in [1.82, 2.24) is 10.2 Å². The quantitative estimate of drug-likeness (QED) is 0.744. The lowest BCUT2D eigenvalue weighted by atomic mass is 9.75. The number of rotatable bonds is 1. The SMILES string of the molecule is Cc1ccc2c(c1)C1(NC(C(C)C)C3C(=O)N(C(C)(C)C)C(=O)C31)C(=O)N2. The Morgan fingerprint density at radius 1 is 1.11 bits per heavy atom. The molecule has 0 aromatic heterocycles. The van der Waals surface area contributed by atoms with E-state index in [2.05, 4.69) is 10.6 Å². The number of aryl methyl sites for hydroxylation is 1. The summed E-state index contributed by atoms with van der Waals surface area (Å²) in [5, 5.41) is 6.39. The molecular weight excluding hydrogens is 342 g/mol. The molecule has 4 unspecified atom stereocenters. The van der Waals surface area contributed by atoms with Gasteiger partial charge in [0.05, 0.1) is 11.8 Å². The number of nitrogens with one attached hydrogen (secondary N) is 2. The predicted molar refractivity (Wildman–Crippen MR) is 102 cm³/mol. The Kier molecular flexibility index (Phi) is 3.64.